The van der Waals surface area contributed by atoms with Crippen molar-refractivity contribution in [2.75, 3.05) is 6.54 Å². The lowest BCUT2D eigenvalue weighted by atomic mass is 10.2. The summed E-state index contributed by atoms with van der Waals surface area (Å²) in [5, 5.41) is 4.19. The van der Waals surface area contributed by atoms with Crippen LogP contribution >= 0.6 is 0 Å². The van der Waals surface area contributed by atoms with Crippen molar-refractivity contribution >= 4 is 16.8 Å². The molecule has 1 heterocycles. The maximum Gasteiger partial charge on any atom is 0.260 e. The number of nitrogens with zero attached hydrogens (tertiary/aromatic N) is 1. The number of benzene rings is 2. The van der Waals surface area contributed by atoms with Crippen molar-refractivity contribution < 1.29 is 9.53 Å². The molecule has 1 amide bonds. The molecular weight excluding hydrogens is 312 g/mol. The van der Waals surface area contributed by atoms with Crippen molar-refractivity contribution in [3.63, 3.8) is 0 Å². The molecule has 0 saturated carbocycles. The summed E-state index contributed by atoms with van der Waals surface area (Å²) < 4.78 is 7.89. The van der Waals surface area contributed by atoms with E-state index in [0.29, 0.717) is 12.3 Å². The second-order valence-corrected chi connectivity index (χ2v) is 6.29. The van der Waals surface area contributed by atoms with E-state index in [1.54, 1.807) is 6.92 Å². The number of aromatic nitrogens is 1. The van der Waals surface area contributed by atoms with E-state index in [-0.39, 0.29) is 5.91 Å². The Balaban J connectivity index is 1.43. The molecule has 0 aliphatic rings. The van der Waals surface area contributed by atoms with Gasteiger partial charge in [-0.2, -0.15) is 0 Å². The Morgan fingerprint density at radius 1 is 1.12 bits per heavy atom. The first kappa shape index (κ1) is 17.1. The van der Waals surface area contributed by atoms with Gasteiger partial charge in [-0.05, 0) is 49.9 Å². The average Bonchev–Trinajstić information content (AvgIpc) is 3.03. The molecule has 3 rings (SSSR count). The molecule has 1 atom stereocenters. The largest absolute Gasteiger partial charge is 0.481 e. The van der Waals surface area contributed by atoms with Gasteiger partial charge in [-0.3, -0.25) is 4.79 Å². The zero-order valence-electron chi connectivity index (χ0n) is 14.7. The number of hydrogen-bond acceptors (Lipinski definition) is 2. The SMILES string of the molecule is Cc1ccc(OC(C)C(=O)NCCCn2ccc3ccccc32)cc1. The molecule has 3 aromatic rings. The summed E-state index contributed by atoms with van der Waals surface area (Å²) in [6.07, 6.45) is 2.47. The molecule has 0 saturated heterocycles. The fourth-order valence-electron chi connectivity index (χ4n) is 2.81. The highest BCUT2D eigenvalue weighted by Crippen LogP contribution is 2.15. The predicted octanol–water partition coefficient (Wildman–Crippen LogP) is 3.92. The van der Waals surface area contributed by atoms with Crippen molar-refractivity contribution in [1.29, 1.82) is 0 Å². The molecule has 0 aliphatic carbocycles. The van der Waals surface area contributed by atoms with Crippen LogP contribution in [0, 0.1) is 6.92 Å². The molecule has 4 nitrogen and oxygen atoms in total. The third-order valence-corrected chi connectivity index (χ3v) is 4.26. The third-order valence-electron chi connectivity index (χ3n) is 4.26. The number of amides is 1. The van der Waals surface area contributed by atoms with Gasteiger partial charge in [-0.25, -0.2) is 0 Å². The number of ether oxygens (including phenoxy) is 1. The number of carbonyl (C=O) groups excluding carboxylic acids is 1. The van der Waals surface area contributed by atoms with Gasteiger partial charge in [0, 0.05) is 24.8 Å². The number of rotatable bonds is 7. The molecule has 4 heteroatoms. The second kappa shape index (κ2) is 7.88. The molecule has 0 spiro atoms. The van der Waals surface area contributed by atoms with Crippen molar-refractivity contribution in [2.45, 2.75) is 32.9 Å². The summed E-state index contributed by atoms with van der Waals surface area (Å²) in [5.74, 6) is 0.630. The molecule has 130 valence electrons. The van der Waals surface area contributed by atoms with Gasteiger partial charge in [0.1, 0.15) is 5.75 Å². The lowest BCUT2D eigenvalue weighted by Crippen LogP contribution is -2.37. The highest BCUT2D eigenvalue weighted by atomic mass is 16.5. The fourth-order valence-corrected chi connectivity index (χ4v) is 2.81. The van der Waals surface area contributed by atoms with Gasteiger partial charge in [0.25, 0.3) is 5.91 Å². The summed E-state index contributed by atoms with van der Waals surface area (Å²) in [6, 6.07) is 18.1. The Bertz CT molecular complexity index is 836. The number of carbonyl (C=O) groups is 1. The first-order valence-electron chi connectivity index (χ1n) is 8.68. The van der Waals surface area contributed by atoms with Crippen LogP contribution in [0.3, 0.4) is 0 Å². The molecule has 2 aromatic carbocycles. The highest BCUT2D eigenvalue weighted by molar-refractivity contribution is 5.81. The van der Waals surface area contributed by atoms with Crippen LogP contribution in [0.4, 0.5) is 0 Å². The van der Waals surface area contributed by atoms with Crippen LogP contribution < -0.4 is 10.1 Å². The monoisotopic (exact) mass is 336 g/mol. The molecule has 1 aromatic heterocycles. The molecule has 0 fully saturated rings. The number of nitrogens with one attached hydrogen (secondary N) is 1. The topological polar surface area (TPSA) is 43.3 Å². The van der Waals surface area contributed by atoms with Gasteiger partial charge in [0.05, 0.1) is 0 Å². The number of fused-ring (bicyclic) bond motifs is 1. The Morgan fingerprint density at radius 3 is 2.68 bits per heavy atom. The van der Waals surface area contributed by atoms with Crippen LogP contribution in [0.5, 0.6) is 5.75 Å². The van der Waals surface area contributed by atoms with E-state index < -0.39 is 6.10 Å². The van der Waals surface area contributed by atoms with E-state index in [2.05, 4.69) is 34.3 Å². The van der Waals surface area contributed by atoms with E-state index in [1.165, 1.54) is 16.5 Å². The minimum atomic E-state index is -0.505. The van der Waals surface area contributed by atoms with Gasteiger partial charge in [-0.1, -0.05) is 35.9 Å². The second-order valence-electron chi connectivity index (χ2n) is 6.29. The molecule has 1 unspecified atom stereocenters. The van der Waals surface area contributed by atoms with E-state index in [0.717, 1.165) is 13.0 Å². The van der Waals surface area contributed by atoms with Crippen LogP contribution in [-0.2, 0) is 11.3 Å². The van der Waals surface area contributed by atoms with Crippen molar-refractivity contribution in [2.24, 2.45) is 0 Å². The summed E-state index contributed by atoms with van der Waals surface area (Å²) in [6.45, 7) is 5.30. The van der Waals surface area contributed by atoms with E-state index in [4.69, 9.17) is 4.74 Å². The van der Waals surface area contributed by atoms with Crippen molar-refractivity contribution in [3.05, 3.63) is 66.4 Å². The van der Waals surface area contributed by atoms with Crippen LogP contribution in [0.2, 0.25) is 0 Å². The summed E-state index contributed by atoms with van der Waals surface area (Å²) >= 11 is 0. The van der Waals surface area contributed by atoms with Gasteiger partial charge in [0.15, 0.2) is 6.10 Å². The van der Waals surface area contributed by atoms with E-state index in [1.807, 2.05) is 43.3 Å². The zero-order valence-corrected chi connectivity index (χ0v) is 14.7. The van der Waals surface area contributed by atoms with Crippen LogP contribution in [-0.4, -0.2) is 23.1 Å². The first-order chi connectivity index (χ1) is 12.1. The van der Waals surface area contributed by atoms with E-state index >= 15 is 0 Å². The standard InChI is InChI=1S/C21H24N2O2/c1-16-8-10-19(11-9-16)25-17(2)21(24)22-13-5-14-23-15-12-18-6-3-4-7-20(18)23/h3-4,6-12,15,17H,5,13-14H2,1-2H3,(H,22,24). The number of para-hydroxylation sites is 1. The molecule has 25 heavy (non-hydrogen) atoms. The predicted molar refractivity (Wildman–Crippen MR) is 101 cm³/mol. The summed E-state index contributed by atoms with van der Waals surface area (Å²) in [4.78, 5) is 12.1. The Hall–Kier alpha value is -2.75. The first-order valence-corrected chi connectivity index (χ1v) is 8.68. The Morgan fingerprint density at radius 2 is 1.88 bits per heavy atom. The Labute approximate surface area is 148 Å². The smallest absolute Gasteiger partial charge is 0.260 e. The summed E-state index contributed by atoms with van der Waals surface area (Å²) in [7, 11) is 0. The van der Waals surface area contributed by atoms with Crippen LogP contribution in [0.25, 0.3) is 10.9 Å². The molecule has 0 bridgehead atoms. The van der Waals surface area contributed by atoms with Gasteiger partial charge >= 0.3 is 0 Å². The third kappa shape index (κ3) is 4.41. The van der Waals surface area contributed by atoms with Crippen LogP contribution in [0.15, 0.2) is 60.8 Å². The maximum absolute atomic E-state index is 12.1. The number of hydrogen-bond donors (Lipinski definition) is 1. The highest BCUT2D eigenvalue weighted by Gasteiger charge is 2.13. The normalized spacial score (nSPS) is 12.1. The van der Waals surface area contributed by atoms with Crippen LogP contribution in [0.1, 0.15) is 18.9 Å². The van der Waals surface area contributed by atoms with Gasteiger partial charge in [0.2, 0.25) is 0 Å². The van der Waals surface area contributed by atoms with Crippen molar-refractivity contribution in [3.8, 4) is 5.75 Å². The minimum absolute atomic E-state index is 0.0852. The fraction of sp³-hybridized carbons (Fsp3) is 0.286. The van der Waals surface area contributed by atoms with Gasteiger partial charge in [-0.15, -0.1) is 0 Å². The summed E-state index contributed by atoms with van der Waals surface area (Å²) in [5.41, 5.74) is 2.40. The van der Waals surface area contributed by atoms with Crippen molar-refractivity contribution in [1.82, 2.24) is 9.88 Å². The minimum Gasteiger partial charge on any atom is -0.481 e. The molecule has 1 N–H and O–H groups in total. The molecule has 0 aliphatic heterocycles. The zero-order chi connectivity index (χ0) is 17.6. The van der Waals surface area contributed by atoms with E-state index in [9.17, 15) is 4.79 Å². The molecular formula is C21H24N2O2. The quantitative estimate of drug-likeness (QED) is 0.665. The lowest BCUT2D eigenvalue weighted by Gasteiger charge is -2.15. The lowest BCUT2D eigenvalue weighted by molar-refractivity contribution is -0.127. The average molecular weight is 336 g/mol. The van der Waals surface area contributed by atoms with Gasteiger partial charge < -0.3 is 14.6 Å². The Kier molecular flexibility index (Phi) is 5.39. The maximum atomic E-state index is 12.1. The molecule has 0 radical (unpaired) electrons. The number of aryl methyl sites for hydroxylation is 2.